The number of benzene rings is 1. The second-order valence-corrected chi connectivity index (χ2v) is 8.48. The van der Waals surface area contributed by atoms with E-state index >= 15 is 0 Å². The zero-order valence-electron chi connectivity index (χ0n) is 10.3. The molecule has 0 aliphatic heterocycles. The molecule has 0 fully saturated rings. The first-order valence-electron chi connectivity index (χ1n) is 5.22. The monoisotopic (exact) mass is 333 g/mol. The first kappa shape index (κ1) is 14.8. The minimum absolute atomic E-state index is 0.0403. The highest BCUT2D eigenvalue weighted by Gasteiger charge is 2.21. The number of sulfone groups is 1. The number of thiazole rings is 1. The molecular formula is C10H11N3O4S3. The molecule has 0 radical (unpaired) electrons. The second kappa shape index (κ2) is 5.04. The quantitative estimate of drug-likeness (QED) is 0.803. The van der Waals surface area contributed by atoms with E-state index in [2.05, 4.69) is 9.71 Å². The lowest BCUT2D eigenvalue weighted by Crippen LogP contribution is -2.15. The molecular weight excluding hydrogens is 322 g/mol. The van der Waals surface area contributed by atoms with Gasteiger partial charge >= 0.3 is 0 Å². The van der Waals surface area contributed by atoms with Crippen molar-refractivity contribution in [3.05, 3.63) is 29.8 Å². The smallest absolute Gasteiger partial charge is 0.265 e. The van der Waals surface area contributed by atoms with Gasteiger partial charge in [0.15, 0.2) is 15.0 Å². The van der Waals surface area contributed by atoms with Gasteiger partial charge in [0.05, 0.1) is 10.6 Å². The summed E-state index contributed by atoms with van der Waals surface area (Å²) in [6.45, 7) is 0. The summed E-state index contributed by atoms with van der Waals surface area (Å²) < 4.78 is 49.5. The standard InChI is InChI=1S/C10H11N3O4S3/c1-19(14,15)7-2-3-8(11)9(6-7)20(16,17)13-10-12-4-5-18-10/h2-6H,11H2,1H3,(H,12,13). The van der Waals surface area contributed by atoms with Gasteiger partial charge in [0.1, 0.15) is 4.90 Å². The molecule has 0 aliphatic carbocycles. The molecule has 2 rings (SSSR count). The molecule has 20 heavy (non-hydrogen) atoms. The SMILES string of the molecule is CS(=O)(=O)c1ccc(N)c(S(=O)(=O)Nc2nccs2)c1. The van der Waals surface area contributed by atoms with Crippen LogP contribution in [0.3, 0.4) is 0 Å². The lowest BCUT2D eigenvalue weighted by atomic mass is 10.3. The third-order valence-corrected chi connectivity index (χ3v) is 5.68. The van der Waals surface area contributed by atoms with Gasteiger partial charge in [0, 0.05) is 17.8 Å². The molecule has 0 amide bonds. The number of anilines is 2. The first-order chi connectivity index (χ1) is 9.20. The Bertz CT molecular complexity index is 827. The van der Waals surface area contributed by atoms with Crippen molar-refractivity contribution in [2.24, 2.45) is 0 Å². The van der Waals surface area contributed by atoms with Crippen LogP contribution in [-0.2, 0) is 19.9 Å². The summed E-state index contributed by atoms with van der Waals surface area (Å²) in [5, 5.41) is 1.78. The van der Waals surface area contributed by atoms with Crippen molar-refractivity contribution in [2.75, 3.05) is 16.7 Å². The molecule has 108 valence electrons. The summed E-state index contributed by atoms with van der Waals surface area (Å²) in [5.74, 6) is 0. The molecule has 1 aromatic heterocycles. The predicted molar refractivity (Wildman–Crippen MR) is 76.9 cm³/mol. The Morgan fingerprint density at radius 1 is 1.25 bits per heavy atom. The average molecular weight is 333 g/mol. The summed E-state index contributed by atoms with van der Waals surface area (Å²) >= 11 is 1.10. The minimum atomic E-state index is -3.99. The second-order valence-electron chi connectivity index (χ2n) is 3.91. The molecule has 0 spiro atoms. The molecule has 10 heteroatoms. The average Bonchev–Trinajstić information content (AvgIpc) is 2.79. The van der Waals surface area contributed by atoms with Crippen LogP contribution in [0.15, 0.2) is 39.6 Å². The van der Waals surface area contributed by atoms with Crippen molar-refractivity contribution in [2.45, 2.75) is 9.79 Å². The summed E-state index contributed by atoms with van der Waals surface area (Å²) in [7, 11) is -7.51. The number of nitrogens with zero attached hydrogens (tertiary/aromatic N) is 1. The van der Waals surface area contributed by atoms with Crippen molar-refractivity contribution < 1.29 is 16.8 Å². The number of rotatable bonds is 4. The van der Waals surface area contributed by atoms with E-state index in [9.17, 15) is 16.8 Å². The zero-order valence-corrected chi connectivity index (χ0v) is 12.7. The fourth-order valence-electron chi connectivity index (χ4n) is 1.42. The Labute approximate surface area is 120 Å². The summed E-state index contributed by atoms with van der Waals surface area (Å²) in [6, 6.07) is 3.53. The number of sulfonamides is 1. The first-order valence-corrected chi connectivity index (χ1v) is 9.47. The van der Waals surface area contributed by atoms with Crippen molar-refractivity contribution >= 4 is 42.0 Å². The number of aromatic nitrogens is 1. The van der Waals surface area contributed by atoms with Crippen LogP contribution in [0.5, 0.6) is 0 Å². The molecule has 1 aromatic carbocycles. The van der Waals surface area contributed by atoms with E-state index in [1.165, 1.54) is 18.3 Å². The fourth-order valence-corrected chi connectivity index (χ4v) is 4.09. The molecule has 0 aliphatic rings. The van der Waals surface area contributed by atoms with Crippen LogP contribution in [0.25, 0.3) is 0 Å². The molecule has 3 N–H and O–H groups in total. The third kappa shape index (κ3) is 3.08. The summed E-state index contributed by atoms with van der Waals surface area (Å²) in [6.07, 6.45) is 2.43. The van der Waals surface area contributed by atoms with E-state index in [1.54, 1.807) is 5.38 Å². The largest absolute Gasteiger partial charge is 0.398 e. The number of nitrogens with one attached hydrogen (secondary N) is 1. The normalized spacial score (nSPS) is 12.2. The number of hydrogen-bond acceptors (Lipinski definition) is 7. The summed E-state index contributed by atoms with van der Waals surface area (Å²) in [4.78, 5) is 3.38. The van der Waals surface area contributed by atoms with Gasteiger partial charge in [-0.25, -0.2) is 21.8 Å². The van der Waals surface area contributed by atoms with Gasteiger partial charge in [-0.2, -0.15) is 0 Å². The minimum Gasteiger partial charge on any atom is -0.398 e. The Hall–Kier alpha value is -1.65. The lowest BCUT2D eigenvalue weighted by molar-refractivity contribution is 0.600. The van der Waals surface area contributed by atoms with Crippen molar-refractivity contribution in [3.63, 3.8) is 0 Å². The van der Waals surface area contributed by atoms with Crippen LogP contribution < -0.4 is 10.5 Å². The molecule has 0 saturated heterocycles. The number of nitrogen functional groups attached to an aromatic ring is 1. The predicted octanol–water partition coefficient (Wildman–Crippen LogP) is 0.930. The molecule has 0 unspecified atom stereocenters. The maximum Gasteiger partial charge on any atom is 0.265 e. The number of hydrogen-bond donors (Lipinski definition) is 2. The maximum absolute atomic E-state index is 12.2. The van der Waals surface area contributed by atoms with Gasteiger partial charge in [-0.05, 0) is 18.2 Å². The van der Waals surface area contributed by atoms with E-state index in [0.29, 0.717) is 0 Å². The molecule has 0 bridgehead atoms. The summed E-state index contributed by atoms with van der Waals surface area (Å²) in [5.41, 5.74) is 5.58. The van der Waals surface area contributed by atoms with Crippen molar-refractivity contribution in [3.8, 4) is 0 Å². The van der Waals surface area contributed by atoms with E-state index in [-0.39, 0.29) is 20.6 Å². The van der Waals surface area contributed by atoms with Gasteiger partial charge < -0.3 is 5.73 Å². The highest BCUT2D eigenvalue weighted by molar-refractivity contribution is 7.93. The highest BCUT2D eigenvalue weighted by atomic mass is 32.2. The molecule has 2 aromatic rings. The third-order valence-electron chi connectivity index (χ3n) is 2.36. The van der Waals surface area contributed by atoms with Crippen LogP contribution in [0.4, 0.5) is 10.8 Å². The van der Waals surface area contributed by atoms with Crippen LogP contribution in [-0.4, -0.2) is 28.1 Å². The van der Waals surface area contributed by atoms with Crippen molar-refractivity contribution in [1.82, 2.24) is 4.98 Å². The molecule has 7 nitrogen and oxygen atoms in total. The Morgan fingerprint density at radius 3 is 2.50 bits per heavy atom. The number of nitrogens with two attached hydrogens (primary N) is 1. The molecule has 0 atom stereocenters. The Morgan fingerprint density at radius 2 is 1.95 bits per heavy atom. The Balaban J connectivity index is 2.51. The van der Waals surface area contributed by atoms with Gasteiger partial charge in [-0.1, -0.05) is 0 Å². The van der Waals surface area contributed by atoms with Crippen LogP contribution in [0.2, 0.25) is 0 Å². The van der Waals surface area contributed by atoms with Gasteiger partial charge in [-0.3, -0.25) is 4.72 Å². The van der Waals surface area contributed by atoms with Crippen molar-refractivity contribution in [1.29, 1.82) is 0 Å². The van der Waals surface area contributed by atoms with Crippen LogP contribution in [0.1, 0.15) is 0 Å². The highest BCUT2D eigenvalue weighted by Crippen LogP contribution is 2.25. The van der Waals surface area contributed by atoms with E-state index in [0.717, 1.165) is 23.7 Å². The fraction of sp³-hybridized carbons (Fsp3) is 0.100. The maximum atomic E-state index is 12.2. The molecule has 0 saturated carbocycles. The Kier molecular flexibility index (Phi) is 3.71. The van der Waals surface area contributed by atoms with E-state index in [4.69, 9.17) is 5.73 Å². The lowest BCUT2D eigenvalue weighted by Gasteiger charge is -2.09. The van der Waals surface area contributed by atoms with Gasteiger partial charge in [-0.15, -0.1) is 11.3 Å². The zero-order chi connectivity index (χ0) is 15.0. The van der Waals surface area contributed by atoms with Gasteiger partial charge in [0.25, 0.3) is 10.0 Å². The van der Waals surface area contributed by atoms with Crippen LogP contribution >= 0.6 is 11.3 Å². The van der Waals surface area contributed by atoms with E-state index in [1.807, 2.05) is 0 Å². The van der Waals surface area contributed by atoms with Gasteiger partial charge in [0.2, 0.25) is 0 Å². The topological polar surface area (TPSA) is 119 Å². The van der Waals surface area contributed by atoms with E-state index < -0.39 is 19.9 Å². The van der Waals surface area contributed by atoms with Crippen LogP contribution in [0, 0.1) is 0 Å². The molecule has 1 heterocycles.